The minimum absolute atomic E-state index is 0.172. The molecule has 0 saturated carbocycles. The highest BCUT2D eigenvalue weighted by Crippen LogP contribution is 2.20. The number of aromatic nitrogens is 1. The Hall–Kier alpha value is -3.17. The van der Waals surface area contributed by atoms with Gasteiger partial charge in [-0.1, -0.05) is 18.2 Å². The molecule has 2 atom stereocenters. The molecule has 0 fully saturated rings. The van der Waals surface area contributed by atoms with Gasteiger partial charge in [0.05, 0.1) is 19.2 Å². The Morgan fingerprint density at radius 2 is 2.13 bits per heavy atom. The molecule has 0 aliphatic rings. The summed E-state index contributed by atoms with van der Waals surface area (Å²) in [5.41, 5.74) is 7.55. The second-order valence-corrected chi connectivity index (χ2v) is 7.30. The van der Waals surface area contributed by atoms with Crippen molar-refractivity contribution in [1.29, 1.82) is 5.41 Å². The van der Waals surface area contributed by atoms with Crippen molar-refractivity contribution in [2.24, 2.45) is 5.73 Å². The normalized spacial score (nSPS) is 13.1. The fraction of sp³-hybridized carbons (Fsp3) is 0.409. The van der Waals surface area contributed by atoms with E-state index < -0.39 is 12.1 Å². The first kappa shape index (κ1) is 24.1. The van der Waals surface area contributed by atoms with Crippen LogP contribution in [0, 0.1) is 5.41 Å². The van der Waals surface area contributed by atoms with Crippen molar-refractivity contribution < 1.29 is 14.7 Å². The van der Waals surface area contributed by atoms with Gasteiger partial charge in [-0.15, -0.1) is 0 Å². The number of hydrogen-bond acceptors (Lipinski definition) is 6. The van der Waals surface area contributed by atoms with Gasteiger partial charge in [-0.2, -0.15) is 0 Å². The zero-order valence-corrected chi connectivity index (χ0v) is 17.8. The zero-order chi connectivity index (χ0) is 22.6. The van der Waals surface area contributed by atoms with Crippen LogP contribution >= 0.6 is 0 Å². The second-order valence-electron chi connectivity index (χ2n) is 7.30. The van der Waals surface area contributed by atoms with E-state index in [0.29, 0.717) is 25.8 Å². The first-order valence-corrected chi connectivity index (χ1v) is 10.3. The summed E-state index contributed by atoms with van der Waals surface area (Å²) in [5, 5.41) is 23.5. The second kappa shape index (κ2) is 12.5. The topological polar surface area (TPSA) is 147 Å². The van der Waals surface area contributed by atoms with Gasteiger partial charge in [0.15, 0.2) is 0 Å². The van der Waals surface area contributed by atoms with Crippen molar-refractivity contribution in [1.82, 2.24) is 20.5 Å². The smallest absolute Gasteiger partial charge is 0.242 e. The summed E-state index contributed by atoms with van der Waals surface area (Å²) < 4.78 is 0. The Kier molecular flexibility index (Phi) is 9.73. The van der Waals surface area contributed by atoms with E-state index in [9.17, 15) is 14.7 Å². The van der Waals surface area contributed by atoms with E-state index in [1.807, 2.05) is 30.5 Å². The molecule has 168 valence electrons. The molecule has 7 N–H and O–H groups in total. The predicted octanol–water partition coefficient (Wildman–Crippen LogP) is 0.506. The Morgan fingerprint density at radius 3 is 2.84 bits per heavy atom. The van der Waals surface area contributed by atoms with Crippen LogP contribution in [0.5, 0.6) is 0 Å². The number of likely N-dealkylation sites (N-methyl/N-ethyl adjacent to an activating group) is 1. The summed E-state index contributed by atoms with van der Waals surface area (Å²) in [4.78, 5) is 29.8. The van der Waals surface area contributed by atoms with Gasteiger partial charge in [0.2, 0.25) is 11.8 Å². The van der Waals surface area contributed by atoms with Crippen molar-refractivity contribution in [2.75, 3.05) is 26.7 Å². The quantitative estimate of drug-likeness (QED) is 0.257. The highest BCUT2D eigenvalue weighted by molar-refractivity contribution is 5.88. The minimum Gasteiger partial charge on any atom is -0.394 e. The molecule has 0 bridgehead atoms. The van der Waals surface area contributed by atoms with Gasteiger partial charge in [-0.3, -0.25) is 9.59 Å². The molecule has 0 aliphatic carbocycles. The van der Waals surface area contributed by atoms with Crippen molar-refractivity contribution in [3.63, 3.8) is 0 Å². The third kappa shape index (κ3) is 6.94. The maximum absolute atomic E-state index is 12.6. The summed E-state index contributed by atoms with van der Waals surface area (Å²) >= 11 is 0. The average molecular weight is 429 g/mol. The monoisotopic (exact) mass is 428 g/mol. The van der Waals surface area contributed by atoms with Crippen LogP contribution in [0.25, 0.3) is 10.9 Å². The van der Waals surface area contributed by atoms with E-state index in [4.69, 9.17) is 11.1 Å². The molecule has 0 unspecified atom stereocenters. The summed E-state index contributed by atoms with van der Waals surface area (Å²) in [5.74, 6) is -0.609. The lowest BCUT2D eigenvalue weighted by atomic mass is 10.0. The van der Waals surface area contributed by atoms with Gasteiger partial charge in [0, 0.05) is 30.4 Å². The maximum Gasteiger partial charge on any atom is 0.242 e. The molecule has 0 radical (unpaired) electrons. The van der Waals surface area contributed by atoms with E-state index in [-0.39, 0.29) is 25.0 Å². The molecule has 0 saturated heterocycles. The first-order chi connectivity index (χ1) is 15.0. The standard InChI is InChI=1S/C22H32N6O3/c1-28(17(15-29)12-16-13-26-19-7-3-2-6-18(16)19)21(30)14-27-22(31)20(8-4-9-23)25-11-5-10-24/h2-3,5-7,10-11,13,17,20,24-26,29H,4,8-9,12,14-15,23H2,1H3,(H,27,31)/b11-5+,24-10?/t17-,20-/m0/s1. The molecule has 1 heterocycles. The molecule has 1 aromatic heterocycles. The van der Waals surface area contributed by atoms with E-state index in [0.717, 1.165) is 22.7 Å². The molecule has 1 aromatic carbocycles. The lowest BCUT2D eigenvalue weighted by Gasteiger charge is -2.27. The molecule has 2 amide bonds. The van der Waals surface area contributed by atoms with Crippen molar-refractivity contribution in [2.45, 2.75) is 31.3 Å². The van der Waals surface area contributed by atoms with Crippen molar-refractivity contribution in [3.05, 3.63) is 48.3 Å². The van der Waals surface area contributed by atoms with Gasteiger partial charge < -0.3 is 36.8 Å². The van der Waals surface area contributed by atoms with Crippen molar-refractivity contribution in [3.8, 4) is 0 Å². The SMILES string of the molecule is CN(C(=O)CNC(=O)[C@H](CCCN)N/C=C/C=N)[C@H](CO)Cc1c[nH]c2ccccc12. The van der Waals surface area contributed by atoms with Crippen molar-refractivity contribution >= 4 is 28.9 Å². The van der Waals surface area contributed by atoms with E-state index >= 15 is 0 Å². The molecule has 9 nitrogen and oxygen atoms in total. The molecule has 2 aromatic rings. The number of nitrogens with zero attached hydrogens (tertiary/aromatic N) is 1. The Labute approximate surface area is 182 Å². The number of aromatic amines is 1. The molecule has 2 rings (SSSR count). The summed E-state index contributed by atoms with van der Waals surface area (Å²) in [6.07, 6.45) is 7.63. The summed E-state index contributed by atoms with van der Waals surface area (Å²) in [7, 11) is 1.63. The molecule has 0 aliphatic heterocycles. The minimum atomic E-state index is -0.544. The predicted molar refractivity (Wildman–Crippen MR) is 122 cm³/mol. The average Bonchev–Trinajstić information content (AvgIpc) is 3.20. The number of carbonyl (C=O) groups is 2. The van der Waals surface area contributed by atoms with Gasteiger partial charge in [0.25, 0.3) is 0 Å². The van der Waals surface area contributed by atoms with E-state index in [1.54, 1.807) is 7.05 Å². The highest BCUT2D eigenvalue weighted by Gasteiger charge is 2.23. The number of fused-ring (bicyclic) bond motifs is 1. The van der Waals surface area contributed by atoms with Crippen LogP contribution in [0.4, 0.5) is 0 Å². The number of allylic oxidation sites excluding steroid dienone is 1. The lowest BCUT2D eigenvalue weighted by molar-refractivity contribution is -0.134. The number of hydrogen-bond donors (Lipinski definition) is 6. The van der Waals surface area contributed by atoms with Gasteiger partial charge in [-0.25, -0.2) is 0 Å². The third-order valence-electron chi connectivity index (χ3n) is 5.20. The molecular formula is C22H32N6O3. The van der Waals surface area contributed by atoms with E-state index in [2.05, 4.69) is 15.6 Å². The van der Waals surface area contributed by atoms with Crippen LogP contribution in [0.1, 0.15) is 18.4 Å². The maximum atomic E-state index is 12.6. The number of amides is 2. The highest BCUT2D eigenvalue weighted by atomic mass is 16.3. The Balaban J connectivity index is 1.94. The molecular weight excluding hydrogens is 396 g/mol. The molecule has 31 heavy (non-hydrogen) atoms. The Bertz CT molecular complexity index is 894. The fourth-order valence-corrected chi connectivity index (χ4v) is 3.32. The lowest BCUT2D eigenvalue weighted by Crippen LogP contribution is -2.49. The van der Waals surface area contributed by atoms with Gasteiger partial charge in [-0.05, 0) is 49.7 Å². The zero-order valence-electron chi connectivity index (χ0n) is 17.8. The van der Waals surface area contributed by atoms with E-state index in [1.165, 1.54) is 17.2 Å². The number of aliphatic hydroxyl groups excluding tert-OH is 1. The number of aliphatic hydroxyl groups is 1. The van der Waals surface area contributed by atoms with Crippen LogP contribution < -0.4 is 16.4 Å². The molecule has 9 heteroatoms. The number of carbonyl (C=O) groups excluding carboxylic acids is 2. The first-order valence-electron chi connectivity index (χ1n) is 10.3. The number of nitrogens with two attached hydrogens (primary N) is 1. The molecule has 0 spiro atoms. The number of rotatable bonds is 13. The summed E-state index contributed by atoms with van der Waals surface area (Å²) in [6.45, 7) is 0.0903. The summed E-state index contributed by atoms with van der Waals surface area (Å²) in [6, 6.07) is 6.91. The largest absolute Gasteiger partial charge is 0.394 e. The van der Waals surface area contributed by atoms with Gasteiger partial charge >= 0.3 is 0 Å². The van der Waals surface area contributed by atoms with Crippen LogP contribution in [-0.4, -0.2) is 71.8 Å². The van der Waals surface area contributed by atoms with Crippen LogP contribution in [0.15, 0.2) is 42.7 Å². The number of benzene rings is 1. The Morgan fingerprint density at radius 1 is 1.35 bits per heavy atom. The number of H-pyrrole nitrogens is 1. The number of para-hydroxylation sites is 1. The third-order valence-corrected chi connectivity index (χ3v) is 5.20. The van der Waals surface area contributed by atoms with Crippen LogP contribution in [0.2, 0.25) is 0 Å². The number of nitrogens with one attached hydrogen (secondary N) is 4. The van der Waals surface area contributed by atoms with Gasteiger partial charge in [0.1, 0.15) is 6.04 Å². The van der Waals surface area contributed by atoms with Crippen LogP contribution in [-0.2, 0) is 16.0 Å². The fourth-order valence-electron chi connectivity index (χ4n) is 3.32. The van der Waals surface area contributed by atoms with Crippen LogP contribution in [0.3, 0.4) is 0 Å².